The normalized spacial score (nSPS) is 11.4. The van der Waals surface area contributed by atoms with Crippen LogP contribution in [0, 0.1) is 12.8 Å². The Bertz CT molecular complexity index is 306. The van der Waals surface area contributed by atoms with Gasteiger partial charge in [0.2, 0.25) is 0 Å². The topological polar surface area (TPSA) is 21.3 Å². The SMILES string of the molecule is Cc1sc(CNCCCOCC(C)C)cc1Br. The molecule has 0 saturated heterocycles. The Balaban J connectivity index is 2.01. The van der Waals surface area contributed by atoms with Crippen LogP contribution in [-0.2, 0) is 11.3 Å². The second-order valence-corrected chi connectivity index (χ2v) is 6.81. The molecule has 0 aliphatic carbocycles. The van der Waals surface area contributed by atoms with Crippen molar-refractivity contribution in [3.8, 4) is 0 Å². The largest absolute Gasteiger partial charge is 0.381 e. The smallest absolute Gasteiger partial charge is 0.0489 e. The zero-order valence-electron chi connectivity index (χ0n) is 10.9. The predicted molar refractivity (Wildman–Crippen MR) is 78.7 cm³/mol. The Morgan fingerprint density at radius 2 is 2.24 bits per heavy atom. The van der Waals surface area contributed by atoms with Crippen LogP contribution in [0.25, 0.3) is 0 Å². The molecule has 17 heavy (non-hydrogen) atoms. The van der Waals surface area contributed by atoms with E-state index in [1.54, 1.807) is 0 Å². The summed E-state index contributed by atoms with van der Waals surface area (Å²) in [4.78, 5) is 2.74. The minimum absolute atomic E-state index is 0.634. The minimum Gasteiger partial charge on any atom is -0.381 e. The fourth-order valence-corrected chi connectivity index (χ4v) is 3.01. The first-order chi connectivity index (χ1) is 8.09. The van der Waals surface area contributed by atoms with E-state index in [1.165, 1.54) is 14.2 Å². The van der Waals surface area contributed by atoms with Crippen LogP contribution in [0.4, 0.5) is 0 Å². The molecule has 2 nitrogen and oxygen atoms in total. The highest BCUT2D eigenvalue weighted by Gasteiger charge is 2.01. The third kappa shape index (κ3) is 6.55. The van der Waals surface area contributed by atoms with E-state index in [9.17, 15) is 0 Å². The molecule has 0 saturated carbocycles. The quantitative estimate of drug-likeness (QED) is 0.732. The molecule has 0 spiro atoms. The molecule has 0 aromatic carbocycles. The van der Waals surface area contributed by atoms with Crippen LogP contribution in [0.1, 0.15) is 30.0 Å². The Kier molecular flexibility index (Phi) is 7.35. The van der Waals surface area contributed by atoms with Crippen LogP contribution in [0.15, 0.2) is 10.5 Å². The van der Waals surface area contributed by atoms with E-state index in [1.807, 2.05) is 11.3 Å². The van der Waals surface area contributed by atoms with E-state index < -0.39 is 0 Å². The molecule has 0 amide bonds. The lowest BCUT2D eigenvalue weighted by Gasteiger charge is -2.07. The number of halogens is 1. The van der Waals surface area contributed by atoms with Crippen LogP contribution in [-0.4, -0.2) is 19.8 Å². The van der Waals surface area contributed by atoms with Crippen LogP contribution in [0.3, 0.4) is 0 Å². The molecular weight excluding hydrogens is 298 g/mol. The first kappa shape index (κ1) is 15.2. The van der Waals surface area contributed by atoms with Gasteiger partial charge in [-0.3, -0.25) is 0 Å². The fourth-order valence-electron chi connectivity index (χ4n) is 1.43. The number of thiophene rings is 1. The van der Waals surface area contributed by atoms with Gasteiger partial charge in [-0.05, 0) is 47.8 Å². The van der Waals surface area contributed by atoms with Gasteiger partial charge in [0, 0.05) is 34.0 Å². The van der Waals surface area contributed by atoms with Gasteiger partial charge in [0.15, 0.2) is 0 Å². The molecule has 1 aromatic heterocycles. The molecule has 0 radical (unpaired) electrons. The van der Waals surface area contributed by atoms with E-state index in [4.69, 9.17) is 4.74 Å². The third-order valence-electron chi connectivity index (χ3n) is 2.30. The number of ether oxygens (including phenoxy) is 1. The summed E-state index contributed by atoms with van der Waals surface area (Å²) in [6.45, 7) is 10.2. The van der Waals surface area contributed by atoms with Crippen molar-refractivity contribution in [3.05, 3.63) is 20.3 Å². The highest BCUT2D eigenvalue weighted by Crippen LogP contribution is 2.25. The van der Waals surface area contributed by atoms with Gasteiger partial charge in [-0.25, -0.2) is 0 Å². The average Bonchev–Trinajstić information content (AvgIpc) is 2.56. The van der Waals surface area contributed by atoms with Crippen LogP contribution in [0.2, 0.25) is 0 Å². The van der Waals surface area contributed by atoms with Crippen molar-refractivity contribution < 1.29 is 4.74 Å². The third-order valence-corrected chi connectivity index (χ3v) is 4.44. The number of aryl methyl sites for hydroxylation is 1. The fraction of sp³-hybridized carbons (Fsp3) is 0.692. The highest BCUT2D eigenvalue weighted by molar-refractivity contribution is 9.10. The average molecular weight is 320 g/mol. The molecule has 4 heteroatoms. The highest BCUT2D eigenvalue weighted by atomic mass is 79.9. The van der Waals surface area contributed by atoms with Crippen molar-refractivity contribution in [2.24, 2.45) is 5.92 Å². The molecule has 0 aliphatic rings. The van der Waals surface area contributed by atoms with E-state index in [0.717, 1.165) is 32.7 Å². The standard InChI is InChI=1S/C13H22BrNOS/c1-10(2)9-16-6-4-5-15-8-12-7-13(14)11(3)17-12/h7,10,15H,4-6,8-9H2,1-3H3. The molecule has 0 unspecified atom stereocenters. The molecule has 1 N–H and O–H groups in total. The number of hydrogen-bond donors (Lipinski definition) is 1. The van der Waals surface area contributed by atoms with Crippen molar-refractivity contribution in [3.63, 3.8) is 0 Å². The minimum atomic E-state index is 0.634. The van der Waals surface area contributed by atoms with Gasteiger partial charge >= 0.3 is 0 Å². The van der Waals surface area contributed by atoms with Crippen molar-refractivity contribution in [1.29, 1.82) is 0 Å². The van der Waals surface area contributed by atoms with Gasteiger partial charge in [0.25, 0.3) is 0 Å². The summed E-state index contributed by atoms with van der Waals surface area (Å²) in [6.07, 6.45) is 1.08. The summed E-state index contributed by atoms with van der Waals surface area (Å²) in [7, 11) is 0. The maximum Gasteiger partial charge on any atom is 0.0489 e. The van der Waals surface area contributed by atoms with Crippen molar-refractivity contribution >= 4 is 27.3 Å². The zero-order chi connectivity index (χ0) is 12.7. The lowest BCUT2D eigenvalue weighted by atomic mass is 10.2. The maximum atomic E-state index is 5.53. The molecule has 0 bridgehead atoms. The summed E-state index contributed by atoms with van der Waals surface area (Å²) >= 11 is 5.38. The Morgan fingerprint density at radius 1 is 1.47 bits per heavy atom. The van der Waals surface area contributed by atoms with Crippen LogP contribution in [0.5, 0.6) is 0 Å². The number of hydrogen-bond acceptors (Lipinski definition) is 3. The second kappa shape index (κ2) is 8.25. The summed E-state index contributed by atoms with van der Waals surface area (Å²) in [5.74, 6) is 0.634. The monoisotopic (exact) mass is 319 g/mol. The van der Waals surface area contributed by atoms with Crippen molar-refractivity contribution in [2.75, 3.05) is 19.8 Å². The van der Waals surface area contributed by atoms with Crippen molar-refractivity contribution in [1.82, 2.24) is 5.32 Å². The maximum absolute atomic E-state index is 5.53. The lowest BCUT2D eigenvalue weighted by Crippen LogP contribution is -2.16. The number of nitrogens with one attached hydrogen (secondary N) is 1. The Hall–Kier alpha value is 0.100. The predicted octanol–water partition coefficient (Wildman–Crippen LogP) is 3.97. The van der Waals surface area contributed by atoms with E-state index in [2.05, 4.69) is 48.1 Å². The number of rotatable bonds is 8. The van der Waals surface area contributed by atoms with Gasteiger partial charge in [0.1, 0.15) is 0 Å². The molecule has 0 fully saturated rings. The van der Waals surface area contributed by atoms with Crippen molar-refractivity contribution in [2.45, 2.75) is 33.7 Å². The molecule has 1 aromatic rings. The van der Waals surface area contributed by atoms with E-state index in [0.29, 0.717) is 5.92 Å². The van der Waals surface area contributed by atoms with Gasteiger partial charge in [-0.15, -0.1) is 11.3 Å². The molecule has 98 valence electrons. The van der Waals surface area contributed by atoms with E-state index in [-0.39, 0.29) is 0 Å². The van der Waals surface area contributed by atoms with Gasteiger partial charge in [-0.1, -0.05) is 13.8 Å². The van der Waals surface area contributed by atoms with Gasteiger partial charge < -0.3 is 10.1 Å². The first-order valence-electron chi connectivity index (χ1n) is 6.13. The molecule has 0 aliphatic heterocycles. The summed E-state index contributed by atoms with van der Waals surface area (Å²) in [5.41, 5.74) is 0. The summed E-state index contributed by atoms with van der Waals surface area (Å²) in [5, 5.41) is 3.44. The Morgan fingerprint density at radius 3 is 2.82 bits per heavy atom. The van der Waals surface area contributed by atoms with Gasteiger partial charge in [-0.2, -0.15) is 0 Å². The van der Waals surface area contributed by atoms with E-state index >= 15 is 0 Å². The summed E-state index contributed by atoms with van der Waals surface area (Å²) in [6, 6.07) is 2.20. The van der Waals surface area contributed by atoms with Crippen LogP contribution >= 0.6 is 27.3 Å². The molecule has 0 atom stereocenters. The first-order valence-corrected chi connectivity index (χ1v) is 7.74. The lowest BCUT2D eigenvalue weighted by molar-refractivity contribution is 0.108. The van der Waals surface area contributed by atoms with Crippen LogP contribution < -0.4 is 5.32 Å². The zero-order valence-corrected chi connectivity index (χ0v) is 13.3. The molecule has 1 rings (SSSR count). The molecular formula is C13H22BrNOS. The molecule has 1 heterocycles. The summed E-state index contributed by atoms with van der Waals surface area (Å²) < 4.78 is 6.75. The van der Waals surface area contributed by atoms with Gasteiger partial charge in [0.05, 0.1) is 0 Å². The Labute approximate surface area is 117 Å². The second-order valence-electron chi connectivity index (χ2n) is 4.62.